The number of amides is 1. The minimum absolute atomic E-state index is 0.0876. The van der Waals surface area contributed by atoms with Crippen molar-refractivity contribution in [3.05, 3.63) is 57.5 Å². The second kappa shape index (κ2) is 6.77. The van der Waals surface area contributed by atoms with Gasteiger partial charge in [0.1, 0.15) is 5.75 Å². The van der Waals surface area contributed by atoms with E-state index in [4.69, 9.17) is 16.3 Å². The molecular weight excluding hydrogens is 342 g/mol. The molecule has 2 rings (SSSR count). The first kappa shape index (κ1) is 14.9. The number of para-hydroxylation sites is 1. The van der Waals surface area contributed by atoms with Crippen molar-refractivity contribution < 1.29 is 9.53 Å². The Morgan fingerprint density at radius 2 is 2.05 bits per heavy atom. The first-order valence-corrected chi connectivity index (χ1v) is 7.16. The summed E-state index contributed by atoms with van der Waals surface area (Å²) in [7, 11) is 0. The van der Waals surface area contributed by atoms with Crippen LogP contribution in [0, 0.1) is 6.92 Å². The van der Waals surface area contributed by atoms with Crippen LogP contribution in [0.15, 0.2) is 46.9 Å². The molecule has 20 heavy (non-hydrogen) atoms. The van der Waals surface area contributed by atoms with Crippen LogP contribution >= 0.6 is 27.5 Å². The molecule has 0 aliphatic carbocycles. The molecule has 0 spiro atoms. The lowest BCUT2D eigenvalue weighted by atomic mass is 10.2. The van der Waals surface area contributed by atoms with E-state index in [1.54, 1.807) is 18.2 Å². The molecule has 5 heteroatoms. The van der Waals surface area contributed by atoms with Crippen LogP contribution in [0.2, 0.25) is 5.02 Å². The number of benzene rings is 2. The van der Waals surface area contributed by atoms with Crippen molar-refractivity contribution in [1.82, 2.24) is 0 Å². The van der Waals surface area contributed by atoms with Crippen molar-refractivity contribution in [1.29, 1.82) is 0 Å². The third kappa shape index (κ3) is 3.99. The van der Waals surface area contributed by atoms with Crippen LogP contribution in [0.4, 0.5) is 5.69 Å². The summed E-state index contributed by atoms with van der Waals surface area (Å²) in [5.74, 6) is 0.257. The fourth-order valence-electron chi connectivity index (χ4n) is 1.64. The van der Waals surface area contributed by atoms with Gasteiger partial charge < -0.3 is 10.1 Å². The molecule has 1 amide bonds. The number of nitrogens with one attached hydrogen (secondary N) is 1. The molecule has 0 aromatic heterocycles. The van der Waals surface area contributed by atoms with E-state index in [1.807, 2.05) is 31.2 Å². The molecule has 2 aromatic rings. The van der Waals surface area contributed by atoms with Crippen LogP contribution in [0.3, 0.4) is 0 Å². The Bertz CT molecular complexity index is 631. The van der Waals surface area contributed by atoms with Gasteiger partial charge in [0, 0.05) is 10.2 Å². The highest BCUT2D eigenvalue weighted by atomic mass is 79.9. The molecule has 104 valence electrons. The van der Waals surface area contributed by atoms with Gasteiger partial charge in [0.2, 0.25) is 0 Å². The molecule has 0 atom stereocenters. The molecule has 0 saturated heterocycles. The number of hydrogen-bond donors (Lipinski definition) is 1. The second-order valence-electron chi connectivity index (χ2n) is 4.23. The number of halogens is 2. The van der Waals surface area contributed by atoms with Gasteiger partial charge >= 0.3 is 0 Å². The van der Waals surface area contributed by atoms with Crippen molar-refractivity contribution in [2.24, 2.45) is 0 Å². The zero-order valence-electron chi connectivity index (χ0n) is 10.8. The van der Waals surface area contributed by atoms with Crippen LogP contribution in [0.1, 0.15) is 5.56 Å². The number of aryl methyl sites for hydroxylation is 1. The smallest absolute Gasteiger partial charge is 0.262 e. The van der Waals surface area contributed by atoms with Gasteiger partial charge in [0.25, 0.3) is 5.91 Å². The zero-order chi connectivity index (χ0) is 14.5. The van der Waals surface area contributed by atoms with E-state index in [-0.39, 0.29) is 12.5 Å². The van der Waals surface area contributed by atoms with E-state index in [1.165, 1.54) is 0 Å². The van der Waals surface area contributed by atoms with Gasteiger partial charge in [0.05, 0.1) is 5.02 Å². The number of carbonyl (C=O) groups is 1. The van der Waals surface area contributed by atoms with Crippen LogP contribution in [0.5, 0.6) is 5.75 Å². The highest BCUT2D eigenvalue weighted by molar-refractivity contribution is 9.10. The Labute approximate surface area is 131 Å². The molecule has 0 heterocycles. The number of rotatable bonds is 4. The van der Waals surface area contributed by atoms with Crippen molar-refractivity contribution in [3.8, 4) is 5.75 Å². The maximum Gasteiger partial charge on any atom is 0.262 e. The third-order valence-electron chi connectivity index (χ3n) is 2.67. The summed E-state index contributed by atoms with van der Waals surface area (Å²) in [4.78, 5) is 11.8. The van der Waals surface area contributed by atoms with Gasteiger partial charge in [-0.25, -0.2) is 0 Å². The van der Waals surface area contributed by atoms with Gasteiger partial charge in [-0.1, -0.05) is 45.7 Å². The Hall–Kier alpha value is -1.52. The van der Waals surface area contributed by atoms with E-state index in [2.05, 4.69) is 21.2 Å². The fourth-order valence-corrected chi connectivity index (χ4v) is 2.36. The van der Waals surface area contributed by atoms with Gasteiger partial charge in [0.15, 0.2) is 6.61 Å². The summed E-state index contributed by atoms with van der Waals surface area (Å²) in [5.41, 5.74) is 1.78. The standard InChI is InChI=1S/C15H13BrClNO2/c1-10-4-2-3-5-13(10)18-15(19)9-20-14-7-6-11(16)8-12(14)17/h2-8H,9H2,1H3,(H,18,19). The molecule has 0 fully saturated rings. The molecule has 0 radical (unpaired) electrons. The summed E-state index contributed by atoms with van der Waals surface area (Å²) >= 11 is 9.32. The monoisotopic (exact) mass is 353 g/mol. The summed E-state index contributed by atoms with van der Waals surface area (Å²) in [5, 5.41) is 3.26. The number of anilines is 1. The molecule has 0 bridgehead atoms. The van der Waals surface area contributed by atoms with Gasteiger partial charge in [-0.05, 0) is 36.8 Å². The number of hydrogen-bond acceptors (Lipinski definition) is 2. The minimum Gasteiger partial charge on any atom is -0.482 e. The lowest BCUT2D eigenvalue weighted by Crippen LogP contribution is -2.20. The molecule has 0 aliphatic heterocycles. The van der Waals surface area contributed by atoms with E-state index < -0.39 is 0 Å². The van der Waals surface area contributed by atoms with Gasteiger partial charge in [-0.2, -0.15) is 0 Å². The predicted octanol–water partition coefficient (Wildman–Crippen LogP) is 4.43. The van der Waals surface area contributed by atoms with Crippen molar-refractivity contribution in [3.63, 3.8) is 0 Å². The maximum atomic E-state index is 11.8. The third-order valence-corrected chi connectivity index (χ3v) is 3.46. The van der Waals surface area contributed by atoms with Crippen molar-refractivity contribution in [2.75, 3.05) is 11.9 Å². The Balaban J connectivity index is 1.94. The quantitative estimate of drug-likeness (QED) is 0.882. The Morgan fingerprint density at radius 1 is 1.30 bits per heavy atom. The second-order valence-corrected chi connectivity index (χ2v) is 5.55. The molecule has 1 N–H and O–H groups in total. The zero-order valence-corrected chi connectivity index (χ0v) is 13.2. The largest absolute Gasteiger partial charge is 0.482 e. The number of ether oxygens (including phenoxy) is 1. The highest BCUT2D eigenvalue weighted by Gasteiger charge is 2.07. The van der Waals surface area contributed by atoms with Crippen LogP contribution in [-0.2, 0) is 4.79 Å². The average Bonchev–Trinajstić information content (AvgIpc) is 2.40. The lowest BCUT2D eigenvalue weighted by molar-refractivity contribution is -0.118. The van der Waals surface area contributed by atoms with E-state index >= 15 is 0 Å². The van der Waals surface area contributed by atoms with Crippen LogP contribution < -0.4 is 10.1 Å². The lowest BCUT2D eigenvalue weighted by Gasteiger charge is -2.10. The summed E-state index contributed by atoms with van der Waals surface area (Å²) < 4.78 is 6.26. The van der Waals surface area contributed by atoms with E-state index in [0.717, 1.165) is 15.7 Å². The molecule has 0 unspecified atom stereocenters. The summed E-state index contributed by atoms with van der Waals surface area (Å²) in [6.45, 7) is 1.84. The predicted molar refractivity (Wildman–Crippen MR) is 84.5 cm³/mol. The van der Waals surface area contributed by atoms with E-state index in [9.17, 15) is 4.79 Å². The summed E-state index contributed by atoms with van der Waals surface area (Å²) in [6.07, 6.45) is 0. The topological polar surface area (TPSA) is 38.3 Å². The van der Waals surface area contributed by atoms with Crippen LogP contribution in [0.25, 0.3) is 0 Å². The maximum absolute atomic E-state index is 11.8. The SMILES string of the molecule is Cc1ccccc1NC(=O)COc1ccc(Br)cc1Cl. The first-order valence-electron chi connectivity index (χ1n) is 5.99. The fraction of sp³-hybridized carbons (Fsp3) is 0.133. The molecule has 2 aromatic carbocycles. The van der Waals surface area contributed by atoms with Crippen LogP contribution in [-0.4, -0.2) is 12.5 Å². The first-order chi connectivity index (χ1) is 9.56. The Morgan fingerprint density at radius 3 is 2.75 bits per heavy atom. The van der Waals surface area contributed by atoms with E-state index in [0.29, 0.717) is 10.8 Å². The molecular formula is C15H13BrClNO2. The molecule has 3 nitrogen and oxygen atoms in total. The average molecular weight is 355 g/mol. The van der Waals surface area contributed by atoms with Gasteiger partial charge in [-0.3, -0.25) is 4.79 Å². The van der Waals surface area contributed by atoms with Crippen molar-refractivity contribution >= 4 is 39.1 Å². The highest BCUT2D eigenvalue weighted by Crippen LogP contribution is 2.27. The molecule has 0 aliphatic rings. The normalized spacial score (nSPS) is 10.2. The van der Waals surface area contributed by atoms with Crippen molar-refractivity contribution in [2.45, 2.75) is 6.92 Å². The summed E-state index contributed by atoms with van der Waals surface area (Å²) in [6, 6.07) is 12.8. The molecule has 0 saturated carbocycles. The number of carbonyl (C=O) groups excluding carboxylic acids is 1. The minimum atomic E-state index is -0.224. The Kier molecular flexibility index (Phi) is 5.04. The van der Waals surface area contributed by atoms with Gasteiger partial charge in [-0.15, -0.1) is 0 Å².